The minimum absolute atomic E-state index is 0.0296. The normalized spacial score (nSPS) is 22.7. The molecule has 3 fully saturated rings. The predicted molar refractivity (Wildman–Crippen MR) is 118 cm³/mol. The number of para-hydroxylation sites is 2. The van der Waals surface area contributed by atoms with E-state index in [1.54, 1.807) is 4.90 Å². The predicted octanol–water partition coefficient (Wildman–Crippen LogP) is 2.69. The first-order chi connectivity index (χ1) is 15.1. The number of anilines is 1. The SMILES string of the molecule is CCOc1ccccc1N1CC(C(=O)N2CCC(C(=O)N3CCCCC3)CC2)CC1=O. The van der Waals surface area contributed by atoms with Gasteiger partial charge < -0.3 is 19.4 Å². The molecule has 7 nitrogen and oxygen atoms in total. The summed E-state index contributed by atoms with van der Waals surface area (Å²) in [6.07, 6.45) is 5.08. The zero-order valence-corrected chi connectivity index (χ0v) is 18.4. The van der Waals surface area contributed by atoms with Crippen LogP contribution in [0.1, 0.15) is 45.4 Å². The lowest BCUT2D eigenvalue weighted by Gasteiger charge is -2.36. The molecule has 3 aliphatic heterocycles. The van der Waals surface area contributed by atoms with Gasteiger partial charge >= 0.3 is 0 Å². The van der Waals surface area contributed by atoms with Crippen LogP contribution in [0, 0.1) is 11.8 Å². The Bertz CT molecular complexity index is 813. The molecule has 1 aromatic rings. The van der Waals surface area contributed by atoms with E-state index in [9.17, 15) is 14.4 Å². The molecule has 7 heteroatoms. The molecule has 0 spiro atoms. The number of ether oxygens (including phenoxy) is 1. The zero-order chi connectivity index (χ0) is 21.8. The third-order valence-electron chi connectivity index (χ3n) is 6.75. The molecule has 31 heavy (non-hydrogen) atoms. The Hall–Kier alpha value is -2.57. The van der Waals surface area contributed by atoms with Crippen molar-refractivity contribution in [2.75, 3.05) is 44.2 Å². The van der Waals surface area contributed by atoms with Crippen LogP contribution in [0.5, 0.6) is 5.75 Å². The summed E-state index contributed by atoms with van der Waals surface area (Å²) >= 11 is 0. The van der Waals surface area contributed by atoms with E-state index in [1.165, 1.54) is 6.42 Å². The molecule has 168 valence electrons. The number of carbonyl (C=O) groups excluding carboxylic acids is 3. The average molecular weight is 428 g/mol. The lowest BCUT2D eigenvalue weighted by molar-refractivity contribution is -0.143. The molecule has 0 N–H and O–H groups in total. The number of rotatable bonds is 5. The number of likely N-dealkylation sites (tertiary alicyclic amines) is 2. The summed E-state index contributed by atoms with van der Waals surface area (Å²) in [5.41, 5.74) is 0.732. The van der Waals surface area contributed by atoms with Gasteiger partial charge in [-0.15, -0.1) is 0 Å². The van der Waals surface area contributed by atoms with Gasteiger partial charge in [-0.05, 0) is 51.2 Å². The van der Waals surface area contributed by atoms with E-state index in [-0.39, 0.29) is 36.0 Å². The van der Waals surface area contributed by atoms with E-state index in [0.717, 1.165) is 44.5 Å². The lowest BCUT2D eigenvalue weighted by atomic mass is 9.93. The summed E-state index contributed by atoms with van der Waals surface area (Å²) in [5, 5.41) is 0. The number of hydrogen-bond donors (Lipinski definition) is 0. The molecule has 0 radical (unpaired) electrons. The maximum absolute atomic E-state index is 13.1. The van der Waals surface area contributed by atoms with E-state index in [4.69, 9.17) is 4.74 Å². The average Bonchev–Trinajstić information content (AvgIpc) is 3.21. The molecule has 0 bridgehead atoms. The van der Waals surface area contributed by atoms with Gasteiger partial charge in [-0.3, -0.25) is 14.4 Å². The number of amides is 3. The van der Waals surface area contributed by atoms with Crippen LogP contribution in [0.3, 0.4) is 0 Å². The van der Waals surface area contributed by atoms with Gasteiger partial charge in [0.15, 0.2) is 0 Å². The first kappa shape index (κ1) is 21.7. The Morgan fingerprint density at radius 3 is 2.29 bits per heavy atom. The second-order valence-corrected chi connectivity index (χ2v) is 8.79. The third kappa shape index (κ3) is 4.70. The second-order valence-electron chi connectivity index (χ2n) is 8.79. The summed E-state index contributed by atoms with van der Waals surface area (Å²) in [5.74, 6) is 0.623. The monoisotopic (exact) mass is 427 g/mol. The van der Waals surface area contributed by atoms with Crippen molar-refractivity contribution in [1.29, 1.82) is 0 Å². The fourth-order valence-corrected chi connectivity index (χ4v) is 5.04. The Labute approximate surface area is 184 Å². The van der Waals surface area contributed by atoms with E-state index < -0.39 is 0 Å². The summed E-state index contributed by atoms with van der Waals surface area (Å²) in [4.78, 5) is 44.1. The van der Waals surface area contributed by atoms with Crippen LogP contribution in [0.15, 0.2) is 24.3 Å². The van der Waals surface area contributed by atoms with Gasteiger partial charge in [-0.2, -0.15) is 0 Å². The molecule has 4 rings (SSSR count). The van der Waals surface area contributed by atoms with Crippen molar-refractivity contribution in [3.63, 3.8) is 0 Å². The van der Waals surface area contributed by atoms with Gasteiger partial charge in [-0.25, -0.2) is 0 Å². The van der Waals surface area contributed by atoms with Gasteiger partial charge in [0.25, 0.3) is 0 Å². The minimum atomic E-state index is -0.337. The van der Waals surface area contributed by atoms with Crippen LogP contribution < -0.4 is 9.64 Å². The number of nitrogens with zero attached hydrogens (tertiary/aromatic N) is 3. The summed E-state index contributed by atoms with van der Waals surface area (Å²) < 4.78 is 5.67. The van der Waals surface area contributed by atoms with Gasteiger partial charge in [0.1, 0.15) is 5.75 Å². The maximum atomic E-state index is 13.1. The Morgan fingerprint density at radius 2 is 1.58 bits per heavy atom. The molecule has 3 amide bonds. The van der Waals surface area contributed by atoms with Crippen LogP contribution in [0.4, 0.5) is 5.69 Å². The topological polar surface area (TPSA) is 70.2 Å². The van der Waals surface area contributed by atoms with Crippen molar-refractivity contribution in [3.8, 4) is 5.75 Å². The smallest absolute Gasteiger partial charge is 0.228 e. The standard InChI is InChI=1S/C24H33N3O4/c1-2-31-21-9-5-4-8-20(21)27-17-19(16-22(27)28)24(30)26-14-10-18(11-15-26)23(29)25-12-6-3-7-13-25/h4-5,8-9,18-19H,2-3,6-7,10-17H2,1H3. The van der Waals surface area contributed by atoms with E-state index >= 15 is 0 Å². The Kier molecular flexibility index (Phi) is 6.78. The molecule has 0 saturated carbocycles. The van der Waals surface area contributed by atoms with Crippen molar-refractivity contribution in [2.24, 2.45) is 11.8 Å². The fraction of sp³-hybridized carbons (Fsp3) is 0.625. The number of carbonyl (C=O) groups is 3. The summed E-state index contributed by atoms with van der Waals surface area (Å²) in [6, 6.07) is 7.48. The highest BCUT2D eigenvalue weighted by atomic mass is 16.5. The van der Waals surface area contributed by atoms with Crippen LogP contribution in [-0.4, -0.2) is 66.9 Å². The molecular weight excluding hydrogens is 394 g/mol. The Balaban J connectivity index is 1.33. The minimum Gasteiger partial charge on any atom is -0.492 e. The zero-order valence-electron chi connectivity index (χ0n) is 18.4. The molecular formula is C24H33N3O4. The highest BCUT2D eigenvalue weighted by Gasteiger charge is 2.39. The van der Waals surface area contributed by atoms with Crippen LogP contribution in [0.25, 0.3) is 0 Å². The molecule has 3 aliphatic rings. The first-order valence-corrected chi connectivity index (χ1v) is 11.7. The fourth-order valence-electron chi connectivity index (χ4n) is 5.04. The van der Waals surface area contributed by atoms with Gasteiger partial charge in [0.05, 0.1) is 18.2 Å². The molecule has 0 aromatic heterocycles. The molecule has 1 aromatic carbocycles. The quantitative estimate of drug-likeness (QED) is 0.725. The molecule has 1 atom stereocenters. The van der Waals surface area contributed by atoms with Crippen LogP contribution in [0.2, 0.25) is 0 Å². The maximum Gasteiger partial charge on any atom is 0.228 e. The second kappa shape index (κ2) is 9.71. The Morgan fingerprint density at radius 1 is 0.935 bits per heavy atom. The number of piperidine rings is 2. The lowest BCUT2D eigenvalue weighted by Crippen LogP contribution is -2.47. The van der Waals surface area contributed by atoms with Crippen molar-refractivity contribution >= 4 is 23.4 Å². The van der Waals surface area contributed by atoms with Crippen molar-refractivity contribution in [2.45, 2.75) is 45.4 Å². The number of hydrogen-bond acceptors (Lipinski definition) is 4. The summed E-state index contributed by atoms with van der Waals surface area (Å²) in [7, 11) is 0. The highest BCUT2D eigenvalue weighted by Crippen LogP contribution is 2.34. The van der Waals surface area contributed by atoms with Crippen molar-refractivity contribution < 1.29 is 19.1 Å². The largest absolute Gasteiger partial charge is 0.492 e. The van der Waals surface area contributed by atoms with E-state index in [0.29, 0.717) is 32.0 Å². The molecule has 3 heterocycles. The van der Waals surface area contributed by atoms with Gasteiger partial charge in [0, 0.05) is 45.1 Å². The highest BCUT2D eigenvalue weighted by molar-refractivity contribution is 6.01. The van der Waals surface area contributed by atoms with E-state index in [1.807, 2.05) is 41.0 Å². The summed E-state index contributed by atoms with van der Waals surface area (Å²) in [6.45, 7) is 5.77. The molecule has 1 unspecified atom stereocenters. The molecule has 3 saturated heterocycles. The first-order valence-electron chi connectivity index (χ1n) is 11.7. The van der Waals surface area contributed by atoms with E-state index in [2.05, 4.69) is 0 Å². The van der Waals surface area contributed by atoms with Gasteiger partial charge in [-0.1, -0.05) is 12.1 Å². The molecule has 0 aliphatic carbocycles. The van der Waals surface area contributed by atoms with Crippen LogP contribution >= 0.6 is 0 Å². The van der Waals surface area contributed by atoms with Crippen LogP contribution in [-0.2, 0) is 14.4 Å². The van der Waals surface area contributed by atoms with Crippen molar-refractivity contribution in [3.05, 3.63) is 24.3 Å². The number of benzene rings is 1. The van der Waals surface area contributed by atoms with Gasteiger partial charge in [0.2, 0.25) is 17.7 Å². The third-order valence-corrected chi connectivity index (χ3v) is 6.75. The van der Waals surface area contributed by atoms with Crippen molar-refractivity contribution in [1.82, 2.24) is 9.80 Å².